The van der Waals surface area contributed by atoms with E-state index in [0.717, 1.165) is 12.1 Å². The van der Waals surface area contributed by atoms with Gasteiger partial charge < -0.3 is 24.7 Å². The number of anilines is 1. The molecule has 0 saturated carbocycles. The van der Waals surface area contributed by atoms with Crippen LogP contribution in [0.25, 0.3) is 0 Å². The van der Waals surface area contributed by atoms with Crippen LogP contribution in [0, 0.1) is 0 Å². The standard InChI is InChI=1S/C17H26N4O6S/c1-28(25,26)19-11-13-17(24)16(23)12(27-13)10-15(22)21-8-6-20(7-9-21)14-4-2-3-5-18-14/h2-5,12-13,16-17,19,23-24H,6-11H2,1H3/t12-,13+,16-,17+/m0/s1. The third-order valence-corrected chi connectivity index (χ3v) is 5.68. The van der Waals surface area contributed by atoms with Gasteiger partial charge in [-0.1, -0.05) is 6.07 Å². The molecule has 3 heterocycles. The number of amides is 1. The number of aliphatic hydroxyl groups excluding tert-OH is 2. The Bertz CT molecular complexity index is 769. The Morgan fingerprint density at radius 3 is 2.50 bits per heavy atom. The van der Waals surface area contributed by atoms with Crippen molar-refractivity contribution < 1.29 is 28.2 Å². The van der Waals surface area contributed by atoms with Crippen LogP contribution in [0.3, 0.4) is 0 Å². The van der Waals surface area contributed by atoms with Crippen molar-refractivity contribution in [2.45, 2.75) is 30.8 Å². The largest absolute Gasteiger partial charge is 0.388 e. The third kappa shape index (κ3) is 5.17. The van der Waals surface area contributed by atoms with E-state index in [4.69, 9.17) is 4.74 Å². The predicted molar refractivity (Wildman–Crippen MR) is 101 cm³/mol. The summed E-state index contributed by atoms with van der Waals surface area (Å²) in [5, 5.41) is 20.2. The molecule has 0 bridgehead atoms. The lowest BCUT2D eigenvalue weighted by Gasteiger charge is -2.36. The molecule has 11 heteroatoms. The lowest BCUT2D eigenvalue weighted by molar-refractivity contribution is -0.135. The minimum Gasteiger partial charge on any atom is -0.388 e. The SMILES string of the molecule is CS(=O)(=O)NC[C@H]1O[C@@H](CC(=O)N2CCN(c3ccccn3)CC2)[C@H](O)[C@@H]1O. The van der Waals surface area contributed by atoms with Crippen LogP contribution in [-0.2, 0) is 19.6 Å². The highest BCUT2D eigenvalue weighted by Crippen LogP contribution is 2.24. The highest BCUT2D eigenvalue weighted by atomic mass is 32.2. The first-order valence-electron chi connectivity index (χ1n) is 9.14. The van der Waals surface area contributed by atoms with Crippen LogP contribution in [0.4, 0.5) is 5.82 Å². The van der Waals surface area contributed by atoms with Crippen LogP contribution >= 0.6 is 0 Å². The summed E-state index contributed by atoms with van der Waals surface area (Å²) in [4.78, 5) is 20.7. The van der Waals surface area contributed by atoms with E-state index < -0.39 is 34.4 Å². The Labute approximate surface area is 164 Å². The zero-order valence-electron chi connectivity index (χ0n) is 15.6. The number of carbonyl (C=O) groups is 1. The van der Waals surface area contributed by atoms with E-state index in [-0.39, 0.29) is 18.9 Å². The van der Waals surface area contributed by atoms with Gasteiger partial charge in [0.05, 0.1) is 18.8 Å². The Morgan fingerprint density at radius 2 is 1.89 bits per heavy atom. The summed E-state index contributed by atoms with van der Waals surface area (Å²) in [6.07, 6.45) is -1.62. The molecule has 2 aliphatic heterocycles. The zero-order valence-corrected chi connectivity index (χ0v) is 16.5. The number of carbonyl (C=O) groups excluding carboxylic acids is 1. The molecule has 1 amide bonds. The maximum Gasteiger partial charge on any atom is 0.225 e. The number of sulfonamides is 1. The molecule has 0 unspecified atom stereocenters. The number of hydrogen-bond acceptors (Lipinski definition) is 8. The van der Waals surface area contributed by atoms with E-state index in [1.165, 1.54) is 0 Å². The molecule has 0 spiro atoms. The number of piperazine rings is 1. The molecule has 28 heavy (non-hydrogen) atoms. The Morgan fingerprint density at radius 1 is 1.21 bits per heavy atom. The zero-order chi connectivity index (χ0) is 20.3. The fraction of sp³-hybridized carbons (Fsp3) is 0.647. The minimum absolute atomic E-state index is 0.0722. The Kier molecular flexibility index (Phi) is 6.50. The van der Waals surface area contributed by atoms with Crippen molar-refractivity contribution in [3.63, 3.8) is 0 Å². The fourth-order valence-electron chi connectivity index (χ4n) is 3.42. The van der Waals surface area contributed by atoms with E-state index in [0.29, 0.717) is 26.2 Å². The summed E-state index contributed by atoms with van der Waals surface area (Å²) in [7, 11) is -3.45. The molecule has 0 radical (unpaired) electrons. The molecule has 1 aromatic heterocycles. The number of rotatable bonds is 6. The van der Waals surface area contributed by atoms with E-state index in [1.54, 1.807) is 11.1 Å². The van der Waals surface area contributed by atoms with Crippen molar-refractivity contribution in [1.29, 1.82) is 0 Å². The van der Waals surface area contributed by atoms with Crippen LogP contribution in [0.2, 0.25) is 0 Å². The first-order valence-corrected chi connectivity index (χ1v) is 11.0. The second kappa shape index (κ2) is 8.70. The van der Waals surface area contributed by atoms with Gasteiger partial charge in [-0.2, -0.15) is 0 Å². The molecule has 10 nitrogen and oxygen atoms in total. The monoisotopic (exact) mass is 414 g/mol. The average Bonchev–Trinajstić information content (AvgIpc) is 2.94. The maximum absolute atomic E-state index is 12.6. The second-order valence-corrected chi connectivity index (χ2v) is 8.91. The molecule has 3 rings (SSSR count). The number of aliphatic hydroxyl groups is 2. The van der Waals surface area contributed by atoms with Crippen molar-refractivity contribution >= 4 is 21.7 Å². The molecule has 0 aromatic carbocycles. The maximum atomic E-state index is 12.6. The van der Waals surface area contributed by atoms with Crippen LogP contribution < -0.4 is 9.62 Å². The number of nitrogens with zero attached hydrogens (tertiary/aromatic N) is 3. The molecule has 2 fully saturated rings. The van der Waals surface area contributed by atoms with Gasteiger partial charge in [-0.15, -0.1) is 0 Å². The molecule has 2 aliphatic rings. The summed E-state index contributed by atoms with van der Waals surface area (Å²) < 4.78 is 30.2. The van der Waals surface area contributed by atoms with E-state index in [2.05, 4.69) is 14.6 Å². The molecule has 156 valence electrons. The van der Waals surface area contributed by atoms with Crippen LogP contribution in [-0.4, -0.2) is 97.8 Å². The minimum atomic E-state index is -3.45. The van der Waals surface area contributed by atoms with Crippen molar-refractivity contribution in [3.05, 3.63) is 24.4 Å². The molecule has 1 aromatic rings. The van der Waals surface area contributed by atoms with Crippen molar-refractivity contribution in [2.75, 3.05) is 43.9 Å². The summed E-state index contributed by atoms with van der Waals surface area (Å²) in [6.45, 7) is 2.20. The predicted octanol–water partition coefficient (Wildman–Crippen LogP) is -1.84. The van der Waals surface area contributed by atoms with Gasteiger partial charge in [-0.05, 0) is 12.1 Å². The summed E-state index contributed by atoms with van der Waals surface area (Å²) in [5.74, 6) is 0.696. The first kappa shape index (κ1) is 20.9. The summed E-state index contributed by atoms with van der Waals surface area (Å²) in [5.41, 5.74) is 0. The molecule has 4 atom stereocenters. The van der Waals surface area contributed by atoms with E-state index >= 15 is 0 Å². The van der Waals surface area contributed by atoms with E-state index in [1.807, 2.05) is 18.2 Å². The van der Waals surface area contributed by atoms with Crippen LogP contribution in [0.1, 0.15) is 6.42 Å². The van der Waals surface area contributed by atoms with Crippen LogP contribution in [0.15, 0.2) is 24.4 Å². The van der Waals surface area contributed by atoms with Gasteiger partial charge in [-0.3, -0.25) is 4.79 Å². The Hall–Kier alpha value is -1.79. The van der Waals surface area contributed by atoms with Gasteiger partial charge in [-0.25, -0.2) is 18.1 Å². The van der Waals surface area contributed by atoms with Gasteiger partial charge >= 0.3 is 0 Å². The topological polar surface area (TPSA) is 132 Å². The summed E-state index contributed by atoms with van der Waals surface area (Å²) in [6, 6.07) is 5.69. The number of pyridine rings is 1. The molecular formula is C17H26N4O6S. The Balaban J connectivity index is 1.49. The fourth-order valence-corrected chi connectivity index (χ4v) is 3.89. The average molecular weight is 414 g/mol. The van der Waals surface area contributed by atoms with Crippen molar-refractivity contribution in [2.24, 2.45) is 0 Å². The lowest BCUT2D eigenvalue weighted by atomic mass is 10.0. The van der Waals surface area contributed by atoms with Crippen molar-refractivity contribution in [1.82, 2.24) is 14.6 Å². The third-order valence-electron chi connectivity index (χ3n) is 4.99. The first-order chi connectivity index (χ1) is 13.2. The summed E-state index contributed by atoms with van der Waals surface area (Å²) >= 11 is 0. The van der Waals surface area contributed by atoms with Gasteiger partial charge in [0.1, 0.15) is 24.1 Å². The second-order valence-electron chi connectivity index (χ2n) is 7.07. The number of nitrogens with one attached hydrogen (secondary N) is 1. The quantitative estimate of drug-likeness (QED) is 0.495. The number of hydrogen-bond donors (Lipinski definition) is 3. The normalized spacial score (nSPS) is 28.5. The lowest BCUT2D eigenvalue weighted by Crippen LogP contribution is -2.50. The molecule has 2 saturated heterocycles. The highest BCUT2D eigenvalue weighted by molar-refractivity contribution is 7.88. The number of ether oxygens (including phenoxy) is 1. The highest BCUT2D eigenvalue weighted by Gasteiger charge is 2.44. The van der Waals surface area contributed by atoms with E-state index in [9.17, 15) is 23.4 Å². The number of aromatic nitrogens is 1. The molecular weight excluding hydrogens is 388 g/mol. The van der Waals surface area contributed by atoms with Crippen molar-refractivity contribution in [3.8, 4) is 0 Å². The molecule has 3 N–H and O–H groups in total. The van der Waals surface area contributed by atoms with Gasteiger partial charge in [0.2, 0.25) is 15.9 Å². The smallest absolute Gasteiger partial charge is 0.225 e. The van der Waals surface area contributed by atoms with Crippen LogP contribution in [0.5, 0.6) is 0 Å². The van der Waals surface area contributed by atoms with Gasteiger partial charge in [0.15, 0.2) is 0 Å². The molecule has 0 aliphatic carbocycles. The van der Waals surface area contributed by atoms with Gasteiger partial charge in [0, 0.05) is 38.9 Å². The van der Waals surface area contributed by atoms with Gasteiger partial charge in [0.25, 0.3) is 0 Å².